The van der Waals surface area contributed by atoms with Gasteiger partial charge in [0.25, 0.3) is 0 Å². The number of likely N-dealkylation sites (tertiary alicyclic amines) is 1. The monoisotopic (exact) mass is 309 g/mol. The van der Waals surface area contributed by atoms with Gasteiger partial charge < -0.3 is 15.1 Å². The highest BCUT2D eigenvalue weighted by molar-refractivity contribution is 6.31. The summed E-state index contributed by atoms with van der Waals surface area (Å²) in [6.45, 7) is 6.96. The molecule has 1 aromatic carbocycles. The van der Waals surface area contributed by atoms with Gasteiger partial charge in [0.05, 0.1) is 11.4 Å². The van der Waals surface area contributed by atoms with E-state index in [1.54, 1.807) is 0 Å². The number of nitrogens with zero attached hydrogens (tertiary/aromatic N) is 2. The van der Waals surface area contributed by atoms with Crippen molar-refractivity contribution >= 4 is 23.0 Å². The van der Waals surface area contributed by atoms with Crippen LogP contribution in [0.2, 0.25) is 5.02 Å². The summed E-state index contributed by atoms with van der Waals surface area (Å²) in [5, 5.41) is 4.51. The molecule has 1 atom stereocenters. The number of benzene rings is 1. The zero-order valence-electron chi connectivity index (χ0n) is 13.7. The summed E-state index contributed by atoms with van der Waals surface area (Å²) in [7, 11) is 4.14. The predicted molar refractivity (Wildman–Crippen MR) is 93.7 cm³/mol. The van der Waals surface area contributed by atoms with E-state index in [2.05, 4.69) is 49.1 Å². The molecule has 0 aliphatic carbocycles. The Labute approximate surface area is 134 Å². The molecule has 0 amide bonds. The van der Waals surface area contributed by atoms with Crippen molar-refractivity contribution in [3.05, 3.63) is 23.2 Å². The summed E-state index contributed by atoms with van der Waals surface area (Å²) < 4.78 is 0. The highest BCUT2D eigenvalue weighted by Gasteiger charge is 2.19. The topological polar surface area (TPSA) is 18.5 Å². The molecule has 0 saturated carbocycles. The predicted octanol–water partition coefficient (Wildman–Crippen LogP) is 4.08. The SMILES string of the molecule is CC(C)N1CCCC(Nc2cc(Cl)ccc2N(C)C)CC1. The number of anilines is 2. The van der Waals surface area contributed by atoms with Crippen LogP contribution in [0.4, 0.5) is 11.4 Å². The zero-order valence-corrected chi connectivity index (χ0v) is 14.5. The van der Waals surface area contributed by atoms with Gasteiger partial charge >= 0.3 is 0 Å². The number of halogens is 1. The first-order chi connectivity index (χ1) is 9.97. The third-order valence-corrected chi connectivity index (χ3v) is 4.53. The van der Waals surface area contributed by atoms with Crippen molar-refractivity contribution < 1.29 is 0 Å². The third kappa shape index (κ3) is 4.52. The van der Waals surface area contributed by atoms with Crippen LogP contribution in [0.25, 0.3) is 0 Å². The number of hydrogen-bond acceptors (Lipinski definition) is 3. The molecule has 4 heteroatoms. The van der Waals surface area contributed by atoms with Gasteiger partial charge in [-0.15, -0.1) is 0 Å². The second kappa shape index (κ2) is 7.37. The minimum atomic E-state index is 0.533. The average molecular weight is 310 g/mol. The standard InChI is InChI=1S/C17H28ClN3/c1-13(2)21-10-5-6-15(9-11-21)19-16-12-14(18)7-8-17(16)20(3)4/h7-8,12-13,15,19H,5-6,9-11H2,1-4H3. The summed E-state index contributed by atoms with van der Waals surface area (Å²) >= 11 is 6.17. The van der Waals surface area contributed by atoms with Crippen molar-refractivity contribution in [3.63, 3.8) is 0 Å². The summed E-state index contributed by atoms with van der Waals surface area (Å²) in [6.07, 6.45) is 3.67. The smallest absolute Gasteiger partial charge is 0.0597 e. The summed E-state index contributed by atoms with van der Waals surface area (Å²) in [6, 6.07) is 7.26. The number of hydrogen-bond donors (Lipinski definition) is 1. The van der Waals surface area contributed by atoms with E-state index in [9.17, 15) is 0 Å². The molecule has 1 N–H and O–H groups in total. The van der Waals surface area contributed by atoms with Crippen LogP contribution in [0, 0.1) is 0 Å². The van der Waals surface area contributed by atoms with Crippen molar-refractivity contribution in [1.29, 1.82) is 0 Å². The second-order valence-corrected chi connectivity index (χ2v) is 6.89. The molecule has 0 spiro atoms. The molecule has 1 aliphatic heterocycles. The van der Waals surface area contributed by atoms with Crippen molar-refractivity contribution in [1.82, 2.24) is 4.90 Å². The molecule has 1 fully saturated rings. The molecule has 1 aromatic rings. The van der Waals surface area contributed by atoms with Crippen LogP contribution in [-0.2, 0) is 0 Å². The molecule has 118 valence electrons. The molecule has 0 bridgehead atoms. The van der Waals surface area contributed by atoms with Gasteiger partial charge in [-0.2, -0.15) is 0 Å². The van der Waals surface area contributed by atoms with Gasteiger partial charge in [-0.25, -0.2) is 0 Å². The van der Waals surface area contributed by atoms with E-state index in [1.165, 1.54) is 38.0 Å². The van der Waals surface area contributed by atoms with Gasteiger partial charge in [0.2, 0.25) is 0 Å². The first-order valence-corrected chi connectivity index (χ1v) is 8.32. The van der Waals surface area contributed by atoms with E-state index < -0.39 is 0 Å². The van der Waals surface area contributed by atoms with Crippen LogP contribution in [-0.4, -0.2) is 44.2 Å². The highest BCUT2D eigenvalue weighted by Crippen LogP contribution is 2.29. The minimum absolute atomic E-state index is 0.533. The van der Waals surface area contributed by atoms with Gasteiger partial charge in [-0.05, 0) is 57.9 Å². The Bertz CT molecular complexity index is 459. The largest absolute Gasteiger partial charge is 0.381 e. The maximum atomic E-state index is 6.17. The van der Waals surface area contributed by atoms with E-state index in [-0.39, 0.29) is 0 Å². The normalized spacial score (nSPS) is 20.4. The lowest BCUT2D eigenvalue weighted by atomic mass is 10.1. The summed E-state index contributed by atoms with van der Waals surface area (Å²) in [5.74, 6) is 0. The Morgan fingerprint density at radius 2 is 2.00 bits per heavy atom. The fourth-order valence-corrected chi connectivity index (χ4v) is 3.19. The van der Waals surface area contributed by atoms with Crippen molar-refractivity contribution in [2.45, 2.75) is 45.2 Å². The Morgan fingerprint density at radius 1 is 1.24 bits per heavy atom. The molecule has 3 nitrogen and oxygen atoms in total. The third-order valence-electron chi connectivity index (χ3n) is 4.29. The molecule has 2 rings (SSSR count). The summed E-state index contributed by atoms with van der Waals surface area (Å²) in [4.78, 5) is 4.71. The first-order valence-electron chi connectivity index (χ1n) is 7.95. The van der Waals surface area contributed by atoms with Gasteiger partial charge in [-0.3, -0.25) is 0 Å². The first kappa shape index (κ1) is 16.4. The molecule has 1 saturated heterocycles. The van der Waals surface area contributed by atoms with Crippen molar-refractivity contribution in [3.8, 4) is 0 Å². The molecule has 21 heavy (non-hydrogen) atoms. The maximum absolute atomic E-state index is 6.17. The van der Waals surface area contributed by atoms with Crippen LogP contribution >= 0.6 is 11.6 Å². The van der Waals surface area contributed by atoms with Crippen molar-refractivity contribution in [2.75, 3.05) is 37.4 Å². The van der Waals surface area contributed by atoms with E-state index in [4.69, 9.17) is 11.6 Å². The second-order valence-electron chi connectivity index (χ2n) is 6.46. The molecule has 0 aromatic heterocycles. The number of rotatable bonds is 4. The molecule has 1 aliphatic rings. The van der Waals surface area contributed by atoms with Gasteiger partial charge in [0.1, 0.15) is 0 Å². The molecular formula is C17H28ClN3. The Kier molecular flexibility index (Phi) is 5.77. The summed E-state index contributed by atoms with van der Waals surface area (Å²) in [5.41, 5.74) is 2.35. The molecular weight excluding hydrogens is 282 g/mol. The lowest BCUT2D eigenvalue weighted by Crippen LogP contribution is -2.32. The molecule has 1 unspecified atom stereocenters. The number of nitrogens with one attached hydrogen (secondary N) is 1. The van der Waals surface area contributed by atoms with Crippen LogP contribution in [0.5, 0.6) is 0 Å². The van der Waals surface area contributed by atoms with Gasteiger partial charge in [0, 0.05) is 37.7 Å². The highest BCUT2D eigenvalue weighted by atomic mass is 35.5. The quantitative estimate of drug-likeness (QED) is 0.904. The minimum Gasteiger partial charge on any atom is -0.381 e. The van der Waals surface area contributed by atoms with Gasteiger partial charge in [-0.1, -0.05) is 11.6 Å². The van der Waals surface area contributed by atoms with E-state index >= 15 is 0 Å². The maximum Gasteiger partial charge on any atom is 0.0597 e. The lowest BCUT2D eigenvalue weighted by Gasteiger charge is -2.25. The Morgan fingerprint density at radius 3 is 2.67 bits per heavy atom. The van der Waals surface area contributed by atoms with Crippen LogP contribution in [0.3, 0.4) is 0 Å². The zero-order chi connectivity index (χ0) is 15.4. The van der Waals surface area contributed by atoms with E-state index in [0.29, 0.717) is 12.1 Å². The molecule has 1 heterocycles. The average Bonchev–Trinajstić information content (AvgIpc) is 2.64. The van der Waals surface area contributed by atoms with Crippen LogP contribution in [0.1, 0.15) is 33.1 Å². The van der Waals surface area contributed by atoms with E-state index in [0.717, 1.165) is 10.7 Å². The Hall–Kier alpha value is -0.930. The van der Waals surface area contributed by atoms with Gasteiger partial charge in [0.15, 0.2) is 0 Å². The Balaban J connectivity index is 2.06. The van der Waals surface area contributed by atoms with E-state index in [1.807, 2.05) is 12.1 Å². The van der Waals surface area contributed by atoms with Crippen LogP contribution < -0.4 is 10.2 Å². The van der Waals surface area contributed by atoms with Crippen molar-refractivity contribution in [2.24, 2.45) is 0 Å². The molecule has 0 radical (unpaired) electrons. The fraction of sp³-hybridized carbons (Fsp3) is 0.647. The fourth-order valence-electron chi connectivity index (χ4n) is 3.01. The lowest BCUT2D eigenvalue weighted by molar-refractivity contribution is 0.230. The van der Waals surface area contributed by atoms with Crippen LogP contribution in [0.15, 0.2) is 18.2 Å².